The Hall–Kier alpha value is -5.35. The maximum Gasteiger partial charge on any atom is 0.260 e. The van der Waals surface area contributed by atoms with Gasteiger partial charge >= 0.3 is 0 Å². The number of nitrogens with zero attached hydrogens (tertiary/aromatic N) is 3. The van der Waals surface area contributed by atoms with E-state index in [1.54, 1.807) is 36.7 Å². The van der Waals surface area contributed by atoms with Crippen molar-refractivity contribution in [3.63, 3.8) is 0 Å². The molecule has 0 aliphatic carbocycles. The highest BCUT2D eigenvalue weighted by atomic mass is 16.5. The lowest BCUT2D eigenvalue weighted by Gasteiger charge is -2.23. The Morgan fingerprint density at radius 2 is 1.63 bits per heavy atom. The van der Waals surface area contributed by atoms with Gasteiger partial charge in [-0.1, -0.05) is 31.6 Å². The van der Waals surface area contributed by atoms with Crippen LogP contribution in [-0.4, -0.2) is 70.9 Å². The molecule has 0 fully saturated rings. The normalized spacial score (nSPS) is 11.0. The fourth-order valence-corrected chi connectivity index (χ4v) is 5.10. The van der Waals surface area contributed by atoms with Gasteiger partial charge in [-0.15, -0.1) is 6.58 Å². The Labute approximate surface area is 288 Å². The molecule has 258 valence electrons. The summed E-state index contributed by atoms with van der Waals surface area (Å²) >= 11 is 0. The van der Waals surface area contributed by atoms with Crippen LogP contribution in [0.4, 0.5) is 0 Å². The number of aryl methyl sites for hydroxylation is 1. The molecule has 1 atom stereocenters. The highest BCUT2D eigenvalue weighted by molar-refractivity contribution is 6.07. The van der Waals surface area contributed by atoms with Gasteiger partial charge in [0.15, 0.2) is 0 Å². The lowest BCUT2D eigenvalue weighted by molar-refractivity contribution is -0.117. The topological polar surface area (TPSA) is 124 Å². The average molecular weight is 667 g/mol. The molecule has 3 aromatic heterocycles. The number of nitrogens with one attached hydrogen (secondary N) is 1. The minimum Gasteiger partial charge on any atom is -0.491 e. The van der Waals surface area contributed by atoms with E-state index in [4.69, 9.17) is 19.0 Å². The lowest BCUT2D eigenvalue weighted by Crippen LogP contribution is -2.37. The molecule has 1 N–H and O–H groups in total. The molecule has 10 heteroatoms. The van der Waals surface area contributed by atoms with Crippen LogP contribution in [0.1, 0.15) is 56.5 Å². The number of ether oxygens (including phenoxy) is 3. The summed E-state index contributed by atoms with van der Waals surface area (Å²) in [5.41, 5.74) is 5.43. The molecule has 0 saturated carbocycles. The number of allylic oxidation sites excluding steroid dienone is 1. The molecule has 0 radical (unpaired) electrons. The van der Waals surface area contributed by atoms with Gasteiger partial charge in [0.25, 0.3) is 5.91 Å². The van der Waals surface area contributed by atoms with Gasteiger partial charge in [-0.2, -0.15) is 0 Å². The van der Waals surface area contributed by atoms with E-state index in [-0.39, 0.29) is 11.9 Å². The van der Waals surface area contributed by atoms with Crippen LogP contribution in [-0.2, 0) is 14.3 Å². The standard InChI is InChI=1S/C34H36N4O5.C3H6.C2H4O/c1-4-5-24(3)38(22-39)34(40)28-10-8-27(18-23(28)2)42-16-14-41-15-17-43-33-11-7-26(20-36-33)25-6-9-29-30-21-35-13-12-31(30)37-32(29)19-25;1-3-2;1-2-3/h6-13,18-22,24,37H,4-5,14-17H2,1-3H3;3H,1H2,2H3;2H,1H3. The summed E-state index contributed by atoms with van der Waals surface area (Å²) in [4.78, 5) is 46.6. The van der Waals surface area contributed by atoms with Crippen LogP contribution in [0.15, 0.2) is 85.8 Å². The van der Waals surface area contributed by atoms with Crippen molar-refractivity contribution < 1.29 is 28.6 Å². The Kier molecular flexibility index (Phi) is 15.6. The molecule has 0 saturated heterocycles. The number of hydrogen-bond acceptors (Lipinski definition) is 8. The SMILES string of the molecule is C=CC.CC=O.CCCC(C)N(C=O)C(=O)c1ccc(OCCOCCOc2ccc(-c3ccc4c(c3)[nH]c3ccncc34)cn2)cc1C. The Morgan fingerprint density at radius 3 is 2.29 bits per heavy atom. The van der Waals surface area contributed by atoms with Gasteiger partial charge in [0.1, 0.15) is 25.2 Å². The molecule has 2 aromatic carbocycles. The van der Waals surface area contributed by atoms with Gasteiger partial charge in [-0.05, 0) is 81.6 Å². The number of benzene rings is 2. The van der Waals surface area contributed by atoms with E-state index in [1.807, 2.05) is 52.1 Å². The van der Waals surface area contributed by atoms with Gasteiger partial charge in [-0.25, -0.2) is 4.98 Å². The first-order chi connectivity index (χ1) is 23.8. The van der Waals surface area contributed by atoms with Crippen LogP contribution in [0.5, 0.6) is 11.6 Å². The second-order valence-electron chi connectivity index (χ2n) is 11.1. The summed E-state index contributed by atoms with van der Waals surface area (Å²) in [6.07, 6.45) is 10.2. The molecule has 49 heavy (non-hydrogen) atoms. The molecular weight excluding hydrogens is 620 g/mol. The first kappa shape index (κ1) is 38.1. The molecule has 5 aromatic rings. The van der Waals surface area contributed by atoms with Crippen molar-refractivity contribution in [2.75, 3.05) is 26.4 Å². The van der Waals surface area contributed by atoms with Crippen LogP contribution < -0.4 is 9.47 Å². The minimum absolute atomic E-state index is 0.146. The molecule has 5 rings (SSSR count). The largest absolute Gasteiger partial charge is 0.491 e. The summed E-state index contributed by atoms with van der Waals surface area (Å²) in [7, 11) is 0. The third-order valence-electron chi connectivity index (χ3n) is 7.40. The predicted octanol–water partition coefficient (Wildman–Crippen LogP) is 7.75. The molecule has 0 aliphatic rings. The number of hydrogen-bond donors (Lipinski definition) is 1. The van der Waals surface area contributed by atoms with Crippen LogP contribution in [0.3, 0.4) is 0 Å². The molecule has 1 unspecified atom stereocenters. The van der Waals surface area contributed by atoms with Crippen LogP contribution in [0.25, 0.3) is 32.9 Å². The van der Waals surface area contributed by atoms with Crippen molar-refractivity contribution in [3.8, 4) is 22.8 Å². The van der Waals surface area contributed by atoms with Crippen molar-refractivity contribution in [2.45, 2.75) is 53.5 Å². The fraction of sp³-hybridized carbons (Fsp3) is 0.308. The molecule has 2 amide bonds. The molecule has 3 heterocycles. The summed E-state index contributed by atoms with van der Waals surface area (Å²) in [5, 5.41) is 2.25. The second-order valence-corrected chi connectivity index (χ2v) is 11.1. The van der Waals surface area contributed by atoms with E-state index in [0.717, 1.165) is 57.6 Å². The quantitative estimate of drug-likeness (QED) is 0.0725. The summed E-state index contributed by atoms with van der Waals surface area (Å²) < 4.78 is 17.2. The van der Waals surface area contributed by atoms with Gasteiger partial charge < -0.3 is 24.0 Å². The van der Waals surface area contributed by atoms with Gasteiger partial charge in [0.05, 0.1) is 13.2 Å². The highest BCUT2D eigenvalue weighted by Crippen LogP contribution is 2.29. The van der Waals surface area contributed by atoms with Gasteiger partial charge in [0.2, 0.25) is 12.3 Å². The zero-order chi connectivity index (χ0) is 35.6. The summed E-state index contributed by atoms with van der Waals surface area (Å²) in [5.74, 6) is 0.874. The Morgan fingerprint density at radius 1 is 0.918 bits per heavy atom. The van der Waals surface area contributed by atoms with Crippen LogP contribution in [0, 0.1) is 6.92 Å². The number of carbonyl (C=O) groups excluding carboxylic acids is 3. The number of H-pyrrole nitrogens is 1. The zero-order valence-corrected chi connectivity index (χ0v) is 29.0. The number of rotatable bonds is 14. The first-order valence-electron chi connectivity index (χ1n) is 16.3. The maximum absolute atomic E-state index is 12.9. The van der Waals surface area contributed by atoms with E-state index >= 15 is 0 Å². The molecule has 10 nitrogen and oxygen atoms in total. The Balaban J connectivity index is 0.00000101. The number of amides is 2. The van der Waals surface area contributed by atoms with Gasteiger partial charge in [-0.3, -0.25) is 19.5 Å². The highest BCUT2D eigenvalue weighted by Gasteiger charge is 2.22. The number of aromatic amines is 1. The number of imide groups is 1. The van der Waals surface area contributed by atoms with Crippen molar-refractivity contribution in [1.82, 2.24) is 19.9 Å². The van der Waals surface area contributed by atoms with Crippen molar-refractivity contribution in [1.29, 1.82) is 0 Å². The number of carbonyl (C=O) groups is 3. The van der Waals surface area contributed by atoms with Crippen molar-refractivity contribution in [3.05, 3.63) is 97.0 Å². The third kappa shape index (κ3) is 10.8. The number of aromatic nitrogens is 3. The van der Waals surface area contributed by atoms with E-state index in [0.29, 0.717) is 50.0 Å². The monoisotopic (exact) mass is 666 g/mol. The van der Waals surface area contributed by atoms with Crippen molar-refractivity contribution >= 4 is 40.4 Å². The van der Waals surface area contributed by atoms with Crippen LogP contribution in [0.2, 0.25) is 0 Å². The number of pyridine rings is 2. The van der Waals surface area contributed by atoms with Crippen LogP contribution >= 0.6 is 0 Å². The minimum atomic E-state index is -0.294. The maximum atomic E-state index is 12.9. The molecule has 0 spiro atoms. The molecular formula is C39H46N4O6. The van der Waals surface area contributed by atoms with E-state index in [9.17, 15) is 9.59 Å². The molecule has 0 aliphatic heterocycles. The fourth-order valence-electron chi connectivity index (χ4n) is 5.10. The number of aldehydes is 1. The van der Waals surface area contributed by atoms with E-state index in [2.05, 4.69) is 39.7 Å². The van der Waals surface area contributed by atoms with Crippen molar-refractivity contribution in [2.24, 2.45) is 0 Å². The lowest BCUT2D eigenvalue weighted by atomic mass is 10.1. The average Bonchev–Trinajstić information content (AvgIpc) is 3.47. The van der Waals surface area contributed by atoms with E-state index in [1.165, 1.54) is 11.8 Å². The summed E-state index contributed by atoms with van der Waals surface area (Å²) in [6.45, 7) is 13.9. The smallest absolute Gasteiger partial charge is 0.260 e. The molecule has 0 bridgehead atoms. The predicted molar refractivity (Wildman–Crippen MR) is 194 cm³/mol. The first-order valence-corrected chi connectivity index (χ1v) is 16.3. The Bertz CT molecular complexity index is 1800. The number of fused-ring (bicyclic) bond motifs is 3. The third-order valence-corrected chi connectivity index (χ3v) is 7.40. The zero-order valence-electron chi connectivity index (χ0n) is 29.0. The van der Waals surface area contributed by atoms with E-state index < -0.39 is 0 Å². The second kappa shape index (κ2) is 20.1. The summed E-state index contributed by atoms with van der Waals surface area (Å²) in [6, 6.07) is 17.2. The van der Waals surface area contributed by atoms with Gasteiger partial charge in [0, 0.05) is 63.6 Å².